The molecule has 1 fully saturated rings. The van der Waals surface area contributed by atoms with Crippen molar-refractivity contribution in [2.45, 2.75) is 44.7 Å². The Kier molecular flexibility index (Phi) is 6.40. The summed E-state index contributed by atoms with van der Waals surface area (Å²) >= 11 is 0. The van der Waals surface area contributed by atoms with Crippen molar-refractivity contribution in [2.24, 2.45) is 0 Å². The molecule has 1 atom stereocenters. The molecule has 1 heterocycles. The number of likely N-dealkylation sites (tertiary alicyclic amines) is 1. The number of carbonyl (C=O) groups excluding carboxylic acids is 1. The van der Waals surface area contributed by atoms with E-state index >= 15 is 0 Å². The maximum absolute atomic E-state index is 13.1. The van der Waals surface area contributed by atoms with Gasteiger partial charge in [-0.2, -0.15) is 0 Å². The number of nitrogens with one attached hydrogen (secondary N) is 1. The highest BCUT2D eigenvalue weighted by Gasteiger charge is 2.24. The zero-order valence-electron chi connectivity index (χ0n) is 15.3. The number of benzene rings is 2. The van der Waals surface area contributed by atoms with Crippen LogP contribution in [0, 0.1) is 5.82 Å². The van der Waals surface area contributed by atoms with Crippen LogP contribution in [-0.2, 0) is 11.3 Å². The molecule has 0 saturated carbocycles. The van der Waals surface area contributed by atoms with Gasteiger partial charge in [0.05, 0.1) is 5.92 Å². The topological polar surface area (TPSA) is 32.3 Å². The van der Waals surface area contributed by atoms with E-state index in [1.807, 2.05) is 13.0 Å². The predicted octanol–water partition coefficient (Wildman–Crippen LogP) is 4.10. The molecule has 4 heteroatoms. The highest BCUT2D eigenvalue weighted by Crippen LogP contribution is 2.21. The fraction of sp³-hybridized carbons (Fsp3) is 0.409. The van der Waals surface area contributed by atoms with Crippen molar-refractivity contribution < 1.29 is 9.18 Å². The molecule has 26 heavy (non-hydrogen) atoms. The number of carbonyl (C=O) groups is 1. The summed E-state index contributed by atoms with van der Waals surface area (Å²) in [6.07, 6.45) is 2.65. The van der Waals surface area contributed by atoms with Crippen LogP contribution in [0.5, 0.6) is 0 Å². The van der Waals surface area contributed by atoms with Gasteiger partial charge in [0.25, 0.3) is 0 Å². The van der Waals surface area contributed by atoms with E-state index in [4.69, 9.17) is 0 Å². The van der Waals surface area contributed by atoms with Gasteiger partial charge < -0.3 is 5.32 Å². The number of hydrogen-bond donors (Lipinski definition) is 1. The summed E-state index contributed by atoms with van der Waals surface area (Å²) in [4.78, 5) is 15.1. The Labute approximate surface area is 155 Å². The van der Waals surface area contributed by atoms with Crippen LogP contribution in [-0.4, -0.2) is 29.9 Å². The molecule has 0 spiro atoms. The Bertz CT molecular complexity index is 694. The van der Waals surface area contributed by atoms with Gasteiger partial charge in [-0.25, -0.2) is 4.39 Å². The van der Waals surface area contributed by atoms with E-state index in [0.29, 0.717) is 6.42 Å². The fourth-order valence-electron chi connectivity index (χ4n) is 3.65. The van der Waals surface area contributed by atoms with Crippen LogP contribution in [0.2, 0.25) is 0 Å². The summed E-state index contributed by atoms with van der Waals surface area (Å²) in [6.45, 7) is 4.95. The number of halogens is 1. The van der Waals surface area contributed by atoms with Crippen molar-refractivity contribution in [3.8, 4) is 0 Å². The van der Waals surface area contributed by atoms with Gasteiger partial charge >= 0.3 is 0 Å². The second kappa shape index (κ2) is 8.95. The molecule has 1 aliphatic heterocycles. The number of rotatable bonds is 6. The third-order valence-corrected chi connectivity index (χ3v) is 5.18. The van der Waals surface area contributed by atoms with Gasteiger partial charge in [-0.1, -0.05) is 49.4 Å². The largest absolute Gasteiger partial charge is 0.353 e. The normalized spacial score (nSPS) is 17.0. The third kappa shape index (κ3) is 4.92. The van der Waals surface area contributed by atoms with Gasteiger partial charge in [-0.3, -0.25) is 9.69 Å². The lowest BCUT2D eigenvalue weighted by atomic mass is 9.94. The summed E-state index contributed by atoms with van der Waals surface area (Å²) in [6, 6.07) is 17.0. The molecule has 138 valence electrons. The van der Waals surface area contributed by atoms with Gasteiger partial charge in [-0.15, -0.1) is 0 Å². The Morgan fingerprint density at radius 1 is 1.12 bits per heavy atom. The molecule has 1 unspecified atom stereocenters. The Balaban J connectivity index is 1.50. The molecule has 0 bridgehead atoms. The van der Waals surface area contributed by atoms with Crippen molar-refractivity contribution in [3.63, 3.8) is 0 Å². The highest BCUT2D eigenvalue weighted by molar-refractivity contribution is 5.83. The van der Waals surface area contributed by atoms with E-state index in [0.717, 1.165) is 38.0 Å². The summed E-state index contributed by atoms with van der Waals surface area (Å²) in [5, 5.41) is 3.21. The molecule has 1 amide bonds. The average molecular weight is 354 g/mol. The van der Waals surface area contributed by atoms with E-state index < -0.39 is 0 Å². The summed E-state index contributed by atoms with van der Waals surface area (Å²) in [7, 11) is 0. The van der Waals surface area contributed by atoms with Crippen LogP contribution in [0.1, 0.15) is 43.2 Å². The Morgan fingerprint density at radius 3 is 2.38 bits per heavy atom. The standard InChI is InChI=1S/C22H27FN2O/c1-2-21(18-8-10-19(23)11-9-18)22(26)24-20-12-14-25(15-13-20)16-17-6-4-3-5-7-17/h3-11,20-21H,2,12-16H2,1H3,(H,24,26). The second-order valence-corrected chi connectivity index (χ2v) is 7.06. The third-order valence-electron chi connectivity index (χ3n) is 5.18. The molecule has 1 aliphatic rings. The minimum absolute atomic E-state index is 0.0561. The fourth-order valence-corrected chi connectivity index (χ4v) is 3.65. The van der Waals surface area contributed by atoms with Crippen LogP contribution in [0.3, 0.4) is 0 Å². The van der Waals surface area contributed by atoms with Crippen LogP contribution in [0.25, 0.3) is 0 Å². The van der Waals surface area contributed by atoms with Crippen LogP contribution in [0.4, 0.5) is 4.39 Å². The van der Waals surface area contributed by atoms with E-state index in [2.05, 4.69) is 34.5 Å². The van der Waals surface area contributed by atoms with Gasteiger partial charge in [0.2, 0.25) is 5.91 Å². The quantitative estimate of drug-likeness (QED) is 0.847. The van der Waals surface area contributed by atoms with Crippen molar-refractivity contribution in [2.75, 3.05) is 13.1 Å². The molecule has 1 N–H and O–H groups in total. The van der Waals surface area contributed by atoms with E-state index in [9.17, 15) is 9.18 Å². The summed E-state index contributed by atoms with van der Waals surface area (Å²) in [5.74, 6) is -0.423. The van der Waals surface area contributed by atoms with Crippen molar-refractivity contribution in [3.05, 3.63) is 71.5 Å². The summed E-state index contributed by atoms with van der Waals surface area (Å²) in [5.41, 5.74) is 2.21. The first kappa shape index (κ1) is 18.6. The van der Waals surface area contributed by atoms with Gasteiger partial charge in [0, 0.05) is 25.7 Å². The molecule has 0 aliphatic carbocycles. The molecular formula is C22H27FN2O. The summed E-state index contributed by atoms with van der Waals surface area (Å²) < 4.78 is 13.1. The maximum atomic E-state index is 13.1. The first-order valence-electron chi connectivity index (χ1n) is 9.48. The van der Waals surface area contributed by atoms with E-state index in [-0.39, 0.29) is 23.7 Å². The number of piperidine rings is 1. The number of nitrogens with zero attached hydrogens (tertiary/aromatic N) is 1. The zero-order chi connectivity index (χ0) is 18.4. The Morgan fingerprint density at radius 2 is 1.77 bits per heavy atom. The van der Waals surface area contributed by atoms with Crippen LogP contribution < -0.4 is 5.32 Å². The lowest BCUT2D eigenvalue weighted by molar-refractivity contribution is -0.123. The van der Waals surface area contributed by atoms with Crippen molar-refractivity contribution in [1.29, 1.82) is 0 Å². The molecule has 2 aromatic carbocycles. The van der Waals surface area contributed by atoms with Crippen molar-refractivity contribution >= 4 is 5.91 Å². The van der Waals surface area contributed by atoms with E-state index in [1.165, 1.54) is 17.7 Å². The van der Waals surface area contributed by atoms with Crippen LogP contribution >= 0.6 is 0 Å². The minimum Gasteiger partial charge on any atom is -0.353 e. The number of hydrogen-bond acceptors (Lipinski definition) is 2. The van der Waals surface area contributed by atoms with Crippen molar-refractivity contribution in [1.82, 2.24) is 10.2 Å². The smallest absolute Gasteiger partial charge is 0.227 e. The zero-order valence-corrected chi connectivity index (χ0v) is 15.3. The Hall–Kier alpha value is -2.20. The van der Waals surface area contributed by atoms with E-state index in [1.54, 1.807) is 12.1 Å². The predicted molar refractivity (Wildman–Crippen MR) is 102 cm³/mol. The van der Waals surface area contributed by atoms with Gasteiger partial charge in [0.15, 0.2) is 0 Å². The maximum Gasteiger partial charge on any atom is 0.227 e. The monoisotopic (exact) mass is 354 g/mol. The molecule has 3 nitrogen and oxygen atoms in total. The molecule has 2 aromatic rings. The van der Waals surface area contributed by atoms with Gasteiger partial charge in [-0.05, 0) is 42.5 Å². The van der Waals surface area contributed by atoms with Gasteiger partial charge in [0.1, 0.15) is 5.82 Å². The minimum atomic E-state index is -0.269. The first-order chi connectivity index (χ1) is 12.7. The molecular weight excluding hydrogens is 327 g/mol. The van der Waals surface area contributed by atoms with Crippen LogP contribution in [0.15, 0.2) is 54.6 Å². The highest BCUT2D eigenvalue weighted by atomic mass is 19.1. The molecule has 0 aromatic heterocycles. The molecule has 1 saturated heterocycles. The first-order valence-corrected chi connectivity index (χ1v) is 9.48. The molecule has 3 rings (SSSR count). The average Bonchev–Trinajstić information content (AvgIpc) is 2.66. The lowest BCUT2D eigenvalue weighted by Crippen LogP contribution is -2.45. The second-order valence-electron chi connectivity index (χ2n) is 7.06. The lowest BCUT2D eigenvalue weighted by Gasteiger charge is -2.33. The SMILES string of the molecule is CCC(C(=O)NC1CCN(Cc2ccccc2)CC1)c1ccc(F)cc1. The number of amides is 1. The molecule has 0 radical (unpaired) electrons.